The van der Waals surface area contributed by atoms with Gasteiger partial charge in [-0.2, -0.15) is 0 Å². The standard InChI is InChI=1S/C18H28ClNO/c1-12-9-13(2)16(18(21)10-12)11-20(4)14(3)15-7-5-6-8-17(15)19/h5-8,12-14,16,18,21H,9-11H2,1-4H3. The molecule has 21 heavy (non-hydrogen) atoms. The maximum atomic E-state index is 10.4. The Hall–Kier alpha value is -0.570. The molecular formula is C18H28ClNO. The van der Waals surface area contributed by atoms with Gasteiger partial charge in [0.15, 0.2) is 0 Å². The molecule has 1 fully saturated rings. The molecule has 5 unspecified atom stereocenters. The lowest BCUT2D eigenvalue weighted by Gasteiger charge is -2.40. The Morgan fingerprint density at radius 2 is 1.95 bits per heavy atom. The van der Waals surface area contributed by atoms with Gasteiger partial charge in [0.05, 0.1) is 6.10 Å². The molecular weight excluding hydrogens is 282 g/mol. The largest absolute Gasteiger partial charge is 0.393 e. The average Bonchev–Trinajstić information content (AvgIpc) is 2.42. The molecule has 3 heteroatoms. The van der Waals surface area contributed by atoms with Gasteiger partial charge < -0.3 is 5.11 Å². The van der Waals surface area contributed by atoms with Gasteiger partial charge in [-0.1, -0.05) is 43.6 Å². The van der Waals surface area contributed by atoms with E-state index in [0.717, 1.165) is 23.6 Å². The van der Waals surface area contributed by atoms with Gasteiger partial charge in [0, 0.05) is 23.5 Å². The minimum Gasteiger partial charge on any atom is -0.393 e. The fraction of sp³-hybridized carbons (Fsp3) is 0.667. The van der Waals surface area contributed by atoms with Gasteiger partial charge in [-0.05, 0) is 50.3 Å². The summed E-state index contributed by atoms with van der Waals surface area (Å²) in [5.74, 6) is 1.57. The molecule has 5 atom stereocenters. The second-order valence-electron chi connectivity index (χ2n) is 6.92. The van der Waals surface area contributed by atoms with Crippen molar-refractivity contribution in [2.45, 2.75) is 45.8 Å². The van der Waals surface area contributed by atoms with E-state index >= 15 is 0 Å². The molecule has 2 nitrogen and oxygen atoms in total. The number of nitrogens with zero attached hydrogens (tertiary/aromatic N) is 1. The predicted octanol–water partition coefficient (Wildman–Crippen LogP) is 4.38. The van der Waals surface area contributed by atoms with Crippen LogP contribution < -0.4 is 0 Å². The van der Waals surface area contributed by atoms with Gasteiger partial charge in [-0.25, -0.2) is 0 Å². The summed E-state index contributed by atoms with van der Waals surface area (Å²) in [6, 6.07) is 8.29. The molecule has 1 aliphatic rings. The molecule has 0 aromatic heterocycles. The summed E-state index contributed by atoms with van der Waals surface area (Å²) in [6.45, 7) is 7.62. The number of aliphatic hydroxyl groups is 1. The van der Waals surface area contributed by atoms with Crippen LogP contribution in [0.2, 0.25) is 5.02 Å². The molecule has 1 aromatic carbocycles. The summed E-state index contributed by atoms with van der Waals surface area (Å²) in [5, 5.41) is 11.2. The van der Waals surface area contributed by atoms with Crippen molar-refractivity contribution in [3.63, 3.8) is 0 Å². The molecule has 0 aliphatic heterocycles. The lowest BCUT2D eigenvalue weighted by Crippen LogP contribution is -2.42. The topological polar surface area (TPSA) is 23.5 Å². The summed E-state index contributed by atoms with van der Waals surface area (Å²) < 4.78 is 0. The van der Waals surface area contributed by atoms with Gasteiger partial charge in [-0.15, -0.1) is 0 Å². The summed E-state index contributed by atoms with van der Waals surface area (Å²) in [5.41, 5.74) is 1.16. The summed E-state index contributed by atoms with van der Waals surface area (Å²) >= 11 is 6.31. The van der Waals surface area contributed by atoms with Crippen LogP contribution in [0.4, 0.5) is 0 Å². The van der Waals surface area contributed by atoms with E-state index in [1.165, 1.54) is 6.42 Å². The van der Waals surface area contributed by atoms with Crippen molar-refractivity contribution in [2.75, 3.05) is 13.6 Å². The Balaban J connectivity index is 2.03. The first-order valence-corrected chi connectivity index (χ1v) is 8.40. The number of halogens is 1. The van der Waals surface area contributed by atoms with Crippen LogP contribution in [0.25, 0.3) is 0 Å². The van der Waals surface area contributed by atoms with Crippen LogP contribution in [-0.4, -0.2) is 29.7 Å². The maximum Gasteiger partial charge on any atom is 0.0585 e. The van der Waals surface area contributed by atoms with Crippen LogP contribution in [0.15, 0.2) is 24.3 Å². The zero-order valence-corrected chi connectivity index (χ0v) is 14.3. The van der Waals surface area contributed by atoms with Crippen molar-refractivity contribution in [3.8, 4) is 0 Å². The molecule has 0 radical (unpaired) electrons. The van der Waals surface area contributed by atoms with Crippen molar-refractivity contribution in [1.29, 1.82) is 0 Å². The molecule has 0 saturated heterocycles. The number of aliphatic hydroxyl groups excluding tert-OH is 1. The fourth-order valence-electron chi connectivity index (χ4n) is 3.72. The lowest BCUT2D eigenvalue weighted by molar-refractivity contribution is -0.00330. The minimum absolute atomic E-state index is 0.176. The highest BCUT2D eigenvalue weighted by Crippen LogP contribution is 2.35. The van der Waals surface area contributed by atoms with E-state index in [2.05, 4.69) is 38.8 Å². The quantitative estimate of drug-likeness (QED) is 0.892. The highest BCUT2D eigenvalue weighted by Gasteiger charge is 2.34. The highest BCUT2D eigenvalue weighted by molar-refractivity contribution is 6.31. The van der Waals surface area contributed by atoms with Gasteiger partial charge in [0.1, 0.15) is 0 Å². The van der Waals surface area contributed by atoms with Crippen LogP contribution in [0.1, 0.15) is 45.2 Å². The Labute approximate surface area is 134 Å². The first kappa shape index (κ1) is 16.8. The first-order valence-electron chi connectivity index (χ1n) is 8.02. The van der Waals surface area contributed by atoms with Crippen molar-refractivity contribution in [2.24, 2.45) is 17.8 Å². The van der Waals surface area contributed by atoms with E-state index in [-0.39, 0.29) is 12.1 Å². The third kappa shape index (κ3) is 4.00. The van der Waals surface area contributed by atoms with Crippen molar-refractivity contribution in [1.82, 2.24) is 4.90 Å². The van der Waals surface area contributed by atoms with E-state index in [1.807, 2.05) is 18.2 Å². The molecule has 0 heterocycles. The molecule has 2 rings (SSSR count). The Morgan fingerprint density at radius 1 is 1.29 bits per heavy atom. The second kappa shape index (κ2) is 7.13. The smallest absolute Gasteiger partial charge is 0.0585 e. The SMILES string of the molecule is CC1CC(C)C(CN(C)C(C)c2ccccc2Cl)C(O)C1. The molecule has 1 aromatic rings. The number of hydrogen-bond acceptors (Lipinski definition) is 2. The van der Waals surface area contributed by atoms with E-state index in [1.54, 1.807) is 0 Å². The molecule has 1 saturated carbocycles. The lowest BCUT2D eigenvalue weighted by atomic mass is 9.73. The average molecular weight is 310 g/mol. The molecule has 1 aliphatic carbocycles. The maximum absolute atomic E-state index is 10.4. The fourth-order valence-corrected chi connectivity index (χ4v) is 4.01. The summed E-state index contributed by atoms with van der Waals surface area (Å²) in [7, 11) is 2.13. The van der Waals surface area contributed by atoms with Gasteiger partial charge >= 0.3 is 0 Å². The minimum atomic E-state index is -0.176. The van der Waals surface area contributed by atoms with E-state index in [9.17, 15) is 5.11 Å². The van der Waals surface area contributed by atoms with Crippen LogP contribution in [0.5, 0.6) is 0 Å². The van der Waals surface area contributed by atoms with Crippen LogP contribution in [-0.2, 0) is 0 Å². The molecule has 1 N–H and O–H groups in total. The van der Waals surface area contributed by atoms with Gasteiger partial charge in [-0.3, -0.25) is 4.90 Å². The van der Waals surface area contributed by atoms with Gasteiger partial charge in [0.25, 0.3) is 0 Å². The van der Waals surface area contributed by atoms with Crippen molar-refractivity contribution >= 4 is 11.6 Å². The monoisotopic (exact) mass is 309 g/mol. The first-order chi connectivity index (χ1) is 9.90. The summed E-state index contributed by atoms with van der Waals surface area (Å²) in [4.78, 5) is 2.32. The number of hydrogen-bond donors (Lipinski definition) is 1. The third-order valence-corrected chi connectivity index (χ3v) is 5.50. The van der Waals surface area contributed by atoms with E-state index < -0.39 is 0 Å². The normalized spacial score (nSPS) is 31.4. The predicted molar refractivity (Wildman–Crippen MR) is 89.6 cm³/mol. The third-order valence-electron chi connectivity index (χ3n) is 5.16. The van der Waals surface area contributed by atoms with Crippen LogP contribution >= 0.6 is 11.6 Å². The zero-order valence-electron chi connectivity index (χ0n) is 13.6. The molecule has 0 spiro atoms. The van der Waals surface area contributed by atoms with Crippen molar-refractivity contribution in [3.05, 3.63) is 34.9 Å². The van der Waals surface area contributed by atoms with Crippen molar-refractivity contribution < 1.29 is 5.11 Å². The van der Waals surface area contributed by atoms with Gasteiger partial charge in [0.2, 0.25) is 0 Å². The van der Waals surface area contributed by atoms with E-state index in [4.69, 9.17) is 11.6 Å². The molecule has 0 bridgehead atoms. The molecule has 118 valence electrons. The Morgan fingerprint density at radius 3 is 2.57 bits per heavy atom. The zero-order chi connectivity index (χ0) is 15.6. The Bertz CT molecular complexity index is 452. The van der Waals surface area contributed by atoms with Crippen LogP contribution in [0, 0.1) is 17.8 Å². The second-order valence-corrected chi connectivity index (χ2v) is 7.33. The Kier molecular flexibility index (Phi) is 5.70. The highest BCUT2D eigenvalue weighted by atomic mass is 35.5. The van der Waals surface area contributed by atoms with E-state index in [0.29, 0.717) is 17.8 Å². The summed E-state index contributed by atoms with van der Waals surface area (Å²) in [6.07, 6.45) is 1.98. The van der Waals surface area contributed by atoms with Crippen LogP contribution in [0.3, 0.4) is 0 Å². The molecule has 0 amide bonds. The number of rotatable bonds is 4. The number of benzene rings is 1.